The zero-order valence-electron chi connectivity index (χ0n) is 15.5. The Balaban J connectivity index is 1.37. The molecule has 1 amide bonds. The Morgan fingerprint density at radius 2 is 2.15 bits per heavy atom. The second-order valence-electron chi connectivity index (χ2n) is 7.00. The minimum absolute atomic E-state index is 0.0126. The van der Waals surface area contributed by atoms with E-state index in [2.05, 4.69) is 15.4 Å². The van der Waals surface area contributed by atoms with Gasteiger partial charge < -0.3 is 15.1 Å². The average Bonchev–Trinajstić information content (AvgIpc) is 3.29. The van der Waals surface area contributed by atoms with Crippen LogP contribution in [0.4, 0.5) is 10.1 Å². The first kappa shape index (κ1) is 17.5. The largest absolute Gasteiger partial charge is 0.353 e. The monoisotopic (exact) mass is 370 g/mol. The Labute approximate surface area is 157 Å². The highest BCUT2D eigenvalue weighted by atomic mass is 19.1. The lowest BCUT2D eigenvalue weighted by molar-refractivity contribution is -0.120. The van der Waals surface area contributed by atoms with Crippen molar-refractivity contribution in [1.82, 2.24) is 20.0 Å². The molecule has 2 unspecified atom stereocenters. The van der Waals surface area contributed by atoms with Crippen molar-refractivity contribution in [2.75, 3.05) is 31.6 Å². The van der Waals surface area contributed by atoms with Gasteiger partial charge in [-0.2, -0.15) is 5.10 Å². The maximum Gasteiger partial charge on any atom is 0.246 e. The molecule has 1 aromatic carbocycles. The van der Waals surface area contributed by atoms with Crippen LogP contribution in [0.5, 0.6) is 0 Å². The summed E-state index contributed by atoms with van der Waals surface area (Å²) in [6, 6.07) is 7.04. The number of nitrogens with one attached hydrogen (secondary N) is 1. The first-order valence-electron chi connectivity index (χ1n) is 9.08. The number of anilines is 1. The summed E-state index contributed by atoms with van der Waals surface area (Å²) >= 11 is 0. The molecule has 1 saturated carbocycles. The van der Waals surface area contributed by atoms with Gasteiger partial charge in [-0.05, 0) is 18.1 Å². The second kappa shape index (κ2) is 7.02. The predicted octanol–water partition coefficient (Wildman–Crippen LogP) is 1.34. The Morgan fingerprint density at radius 1 is 1.33 bits per heavy atom. The topological polar surface area (TPSA) is 65.8 Å². The van der Waals surface area contributed by atoms with Gasteiger partial charge in [0.15, 0.2) is 5.96 Å². The molecule has 2 atom stereocenters. The van der Waals surface area contributed by atoms with E-state index in [4.69, 9.17) is 0 Å². The third-order valence-corrected chi connectivity index (χ3v) is 5.14. The lowest BCUT2D eigenvalue weighted by Crippen LogP contribution is -2.55. The number of piperazine rings is 1. The van der Waals surface area contributed by atoms with Crippen LogP contribution in [0.15, 0.2) is 41.7 Å². The van der Waals surface area contributed by atoms with Crippen LogP contribution in [0, 0.1) is 5.82 Å². The normalized spacial score (nSPS) is 22.9. The maximum absolute atomic E-state index is 14.0. The SMILES string of the molecule is CN=C(NC1CC1c1ccccc1F)N1CCN(c2cnn(C)c2)C(=O)C1. The highest BCUT2D eigenvalue weighted by molar-refractivity contribution is 5.98. The van der Waals surface area contributed by atoms with E-state index in [0.29, 0.717) is 19.0 Å². The van der Waals surface area contributed by atoms with Gasteiger partial charge in [-0.25, -0.2) is 4.39 Å². The lowest BCUT2D eigenvalue weighted by Gasteiger charge is -2.35. The number of carbonyl (C=O) groups excluding carboxylic acids is 1. The van der Waals surface area contributed by atoms with Gasteiger partial charge in [-0.15, -0.1) is 0 Å². The molecular weight excluding hydrogens is 347 g/mol. The zero-order valence-corrected chi connectivity index (χ0v) is 15.5. The summed E-state index contributed by atoms with van der Waals surface area (Å²) in [5, 5.41) is 7.52. The number of benzene rings is 1. The van der Waals surface area contributed by atoms with Gasteiger partial charge in [0.2, 0.25) is 5.91 Å². The predicted molar refractivity (Wildman–Crippen MR) is 101 cm³/mol. The van der Waals surface area contributed by atoms with E-state index in [-0.39, 0.29) is 30.2 Å². The Hall–Kier alpha value is -2.90. The fraction of sp³-hybridized carbons (Fsp3) is 0.421. The molecule has 2 aliphatic rings. The van der Waals surface area contributed by atoms with E-state index in [9.17, 15) is 9.18 Å². The van der Waals surface area contributed by atoms with Crippen LogP contribution < -0.4 is 10.2 Å². The molecule has 1 aliphatic heterocycles. The van der Waals surface area contributed by atoms with Gasteiger partial charge in [0, 0.05) is 45.3 Å². The summed E-state index contributed by atoms with van der Waals surface area (Å²) in [6.07, 6.45) is 4.40. The van der Waals surface area contributed by atoms with Gasteiger partial charge in [0.05, 0.1) is 11.9 Å². The lowest BCUT2D eigenvalue weighted by atomic mass is 10.1. The molecule has 2 aromatic rings. The van der Waals surface area contributed by atoms with Crippen LogP contribution in [0.2, 0.25) is 0 Å². The molecule has 1 aliphatic carbocycles. The molecule has 1 saturated heterocycles. The number of carbonyl (C=O) groups is 1. The molecule has 2 fully saturated rings. The fourth-order valence-electron chi connectivity index (χ4n) is 3.61. The summed E-state index contributed by atoms with van der Waals surface area (Å²) < 4.78 is 15.6. The first-order valence-corrected chi connectivity index (χ1v) is 9.08. The molecule has 142 valence electrons. The van der Waals surface area contributed by atoms with Crippen molar-refractivity contribution >= 4 is 17.6 Å². The maximum atomic E-state index is 14.0. The smallest absolute Gasteiger partial charge is 0.246 e. The minimum atomic E-state index is -0.165. The molecule has 7 nitrogen and oxygen atoms in total. The molecule has 8 heteroatoms. The first-order chi connectivity index (χ1) is 13.1. The number of halogens is 1. The molecule has 4 rings (SSSR count). The number of aliphatic imine (C=N–C) groups is 1. The minimum Gasteiger partial charge on any atom is -0.353 e. The molecule has 1 N–H and O–H groups in total. The highest BCUT2D eigenvalue weighted by Gasteiger charge is 2.41. The van der Waals surface area contributed by atoms with Crippen molar-refractivity contribution in [3.63, 3.8) is 0 Å². The van der Waals surface area contributed by atoms with Gasteiger partial charge >= 0.3 is 0 Å². The number of hydrogen-bond acceptors (Lipinski definition) is 3. The number of aryl methyl sites for hydroxylation is 1. The van der Waals surface area contributed by atoms with Crippen LogP contribution in [0.3, 0.4) is 0 Å². The Bertz CT molecular complexity index is 879. The summed E-state index contributed by atoms with van der Waals surface area (Å²) in [5.74, 6) is 0.689. The van der Waals surface area contributed by atoms with Crippen LogP contribution >= 0.6 is 0 Å². The highest BCUT2D eigenvalue weighted by Crippen LogP contribution is 2.41. The van der Waals surface area contributed by atoms with Gasteiger partial charge in [-0.1, -0.05) is 18.2 Å². The van der Waals surface area contributed by atoms with Crippen molar-refractivity contribution in [1.29, 1.82) is 0 Å². The number of amides is 1. The molecule has 2 heterocycles. The molecular formula is C19H23FN6O. The summed E-state index contributed by atoms with van der Waals surface area (Å²) in [7, 11) is 3.54. The zero-order chi connectivity index (χ0) is 19.0. The van der Waals surface area contributed by atoms with E-state index in [1.54, 1.807) is 28.9 Å². The van der Waals surface area contributed by atoms with Crippen LogP contribution in [-0.4, -0.2) is 59.3 Å². The Kier molecular flexibility index (Phi) is 4.55. The standard InChI is InChI=1S/C19H23FN6O/c1-21-19(23-17-9-15(17)14-5-3-4-6-16(14)20)25-7-8-26(18(27)12-25)13-10-22-24(2)11-13/h3-6,10-11,15,17H,7-9,12H2,1-2H3,(H,21,23). The number of hydrogen-bond donors (Lipinski definition) is 1. The molecule has 1 aromatic heterocycles. The van der Waals surface area contributed by atoms with E-state index < -0.39 is 0 Å². The fourth-order valence-corrected chi connectivity index (χ4v) is 3.61. The van der Waals surface area contributed by atoms with Gasteiger partial charge in [0.25, 0.3) is 0 Å². The van der Waals surface area contributed by atoms with Crippen LogP contribution in [-0.2, 0) is 11.8 Å². The Morgan fingerprint density at radius 3 is 2.81 bits per heavy atom. The van der Waals surface area contributed by atoms with Crippen molar-refractivity contribution in [2.45, 2.75) is 18.4 Å². The van der Waals surface area contributed by atoms with E-state index in [0.717, 1.165) is 17.7 Å². The van der Waals surface area contributed by atoms with Gasteiger partial charge in [0.1, 0.15) is 12.4 Å². The van der Waals surface area contributed by atoms with Crippen molar-refractivity contribution in [3.05, 3.63) is 48.0 Å². The number of rotatable bonds is 3. The van der Waals surface area contributed by atoms with Crippen molar-refractivity contribution in [2.24, 2.45) is 12.0 Å². The van der Waals surface area contributed by atoms with Gasteiger partial charge in [-0.3, -0.25) is 14.5 Å². The second-order valence-corrected chi connectivity index (χ2v) is 7.00. The third-order valence-electron chi connectivity index (χ3n) is 5.14. The molecule has 0 bridgehead atoms. The third kappa shape index (κ3) is 3.51. The van der Waals surface area contributed by atoms with E-state index >= 15 is 0 Å². The summed E-state index contributed by atoms with van der Waals surface area (Å²) in [5.41, 5.74) is 1.55. The summed E-state index contributed by atoms with van der Waals surface area (Å²) in [6.45, 7) is 1.51. The van der Waals surface area contributed by atoms with E-state index in [1.165, 1.54) is 6.07 Å². The van der Waals surface area contributed by atoms with Crippen LogP contribution in [0.1, 0.15) is 17.9 Å². The quantitative estimate of drug-likeness (QED) is 0.654. The van der Waals surface area contributed by atoms with E-state index in [1.807, 2.05) is 30.3 Å². The van der Waals surface area contributed by atoms with Crippen LogP contribution in [0.25, 0.3) is 0 Å². The molecule has 0 spiro atoms. The summed E-state index contributed by atoms with van der Waals surface area (Å²) in [4.78, 5) is 20.6. The number of aromatic nitrogens is 2. The average molecular weight is 370 g/mol. The van der Waals surface area contributed by atoms with Crippen molar-refractivity contribution < 1.29 is 9.18 Å². The van der Waals surface area contributed by atoms with Crippen molar-refractivity contribution in [3.8, 4) is 0 Å². The number of guanidine groups is 1. The number of nitrogens with zero attached hydrogens (tertiary/aromatic N) is 5. The molecule has 27 heavy (non-hydrogen) atoms. The molecule has 0 radical (unpaired) electrons.